The van der Waals surface area contributed by atoms with E-state index in [9.17, 15) is 0 Å². The van der Waals surface area contributed by atoms with Crippen LogP contribution in [0.3, 0.4) is 0 Å². The number of hydrogen-bond acceptors (Lipinski definition) is 4. The minimum absolute atomic E-state index is 0.179. The Balaban J connectivity index is 1.57. The Bertz CT molecular complexity index is 384. The second-order valence-corrected chi connectivity index (χ2v) is 5.64. The molecular formula is C15H22N2O2. The molecule has 0 saturated carbocycles. The average Bonchev–Trinajstić information content (AvgIpc) is 2.48. The highest BCUT2D eigenvalue weighted by molar-refractivity contribution is 5.07. The van der Waals surface area contributed by atoms with Crippen molar-refractivity contribution in [3.8, 4) is 0 Å². The number of rotatable bonds is 4. The van der Waals surface area contributed by atoms with Gasteiger partial charge in [-0.2, -0.15) is 0 Å². The third-order valence-corrected chi connectivity index (χ3v) is 4.26. The predicted octanol–water partition coefficient (Wildman–Crippen LogP) is 1.76. The fourth-order valence-corrected chi connectivity index (χ4v) is 3.22. The molecule has 19 heavy (non-hydrogen) atoms. The monoisotopic (exact) mass is 262 g/mol. The summed E-state index contributed by atoms with van der Waals surface area (Å²) in [6, 6.07) is 4.00. The van der Waals surface area contributed by atoms with Gasteiger partial charge < -0.3 is 14.8 Å². The maximum Gasteiger partial charge on any atom is 0.0732 e. The normalized spacial score (nSPS) is 30.8. The molecule has 1 N–H and O–H groups in total. The Kier molecular flexibility index (Phi) is 4.11. The van der Waals surface area contributed by atoms with Crippen molar-refractivity contribution >= 4 is 0 Å². The lowest BCUT2D eigenvalue weighted by Gasteiger charge is -2.47. The van der Waals surface area contributed by atoms with Crippen LogP contribution in [0, 0.1) is 5.41 Å². The van der Waals surface area contributed by atoms with Gasteiger partial charge in [0.05, 0.1) is 19.3 Å². The maximum absolute atomic E-state index is 5.96. The number of ether oxygens (including phenoxy) is 2. The molecule has 0 aromatic carbocycles. The van der Waals surface area contributed by atoms with Crippen LogP contribution in [-0.2, 0) is 16.1 Å². The summed E-state index contributed by atoms with van der Waals surface area (Å²) in [6.45, 7) is 4.41. The highest BCUT2D eigenvalue weighted by Gasteiger charge is 2.43. The zero-order valence-corrected chi connectivity index (χ0v) is 11.3. The largest absolute Gasteiger partial charge is 0.377 e. The third kappa shape index (κ3) is 2.96. The van der Waals surface area contributed by atoms with Gasteiger partial charge in [-0.3, -0.25) is 4.98 Å². The quantitative estimate of drug-likeness (QED) is 0.898. The first-order chi connectivity index (χ1) is 9.39. The first kappa shape index (κ1) is 13.0. The molecule has 0 bridgehead atoms. The maximum atomic E-state index is 5.96. The average molecular weight is 262 g/mol. The first-order valence-electron chi connectivity index (χ1n) is 7.18. The second-order valence-electron chi connectivity index (χ2n) is 5.64. The van der Waals surface area contributed by atoms with Crippen molar-refractivity contribution in [2.24, 2.45) is 5.41 Å². The molecule has 0 aliphatic carbocycles. The van der Waals surface area contributed by atoms with Crippen LogP contribution in [0.25, 0.3) is 0 Å². The standard InChI is InChI=1S/C15H22N2O2/c1-3-13(9-16-6-1)10-18-12-15-5-2-8-19-14(15)4-7-17-11-15/h1,3,6,9,14,17H,2,4-5,7-8,10-12H2/t14-,15+/m1/s1. The molecule has 0 spiro atoms. The van der Waals surface area contributed by atoms with Gasteiger partial charge in [0.25, 0.3) is 0 Å². The molecule has 0 radical (unpaired) electrons. The van der Waals surface area contributed by atoms with Gasteiger partial charge in [0.15, 0.2) is 0 Å². The van der Waals surface area contributed by atoms with Crippen molar-refractivity contribution in [1.82, 2.24) is 10.3 Å². The minimum Gasteiger partial charge on any atom is -0.377 e. The van der Waals surface area contributed by atoms with Crippen LogP contribution < -0.4 is 5.32 Å². The van der Waals surface area contributed by atoms with Crippen LogP contribution in [0.1, 0.15) is 24.8 Å². The van der Waals surface area contributed by atoms with E-state index < -0.39 is 0 Å². The van der Waals surface area contributed by atoms with Crippen molar-refractivity contribution in [3.05, 3.63) is 30.1 Å². The zero-order chi connectivity index (χ0) is 13.0. The number of piperidine rings is 1. The Morgan fingerprint density at radius 2 is 2.53 bits per heavy atom. The summed E-state index contributed by atoms with van der Waals surface area (Å²) in [4.78, 5) is 4.11. The molecule has 2 saturated heterocycles. The summed E-state index contributed by atoms with van der Waals surface area (Å²) in [5, 5.41) is 3.50. The van der Waals surface area contributed by atoms with E-state index in [1.54, 1.807) is 6.20 Å². The van der Waals surface area contributed by atoms with Crippen LogP contribution in [0.4, 0.5) is 0 Å². The molecular weight excluding hydrogens is 240 g/mol. The van der Waals surface area contributed by atoms with E-state index in [1.807, 2.05) is 12.3 Å². The van der Waals surface area contributed by atoms with E-state index in [-0.39, 0.29) is 5.41 Å². The van der Waals surface area contributed by atoms with Crippen molar-refractivity contribution in [1.29, 1.82) is 0 Å². The summed E-state index contributed by atoms with van der Waals surface area (Å²) >= 11 is 0. The number of nitrogens with one attached hydrogen (secondary N) is 1. The van der Waals surface area contributed by atoms with E-state index in [0.717, 1.165) is 44.7 Å². The lowest BCUT2D eigenvalue weighted by atomic mass is 9.73. The molecule has 4 heteroatoms. The van der Waals surface area contributed by atoms with Gasteiger partial charge in [-0.15, -0.1) is 0 Å². The van der Waals surface area contributed by atoms with Gasteiger partial charge in [0.1, 0.15) is 0 Å². The van der Waals surface area contributed by atoms with Gasteiger partial charge in [0, 0.05) is 31.0 Å². The summed E-state index contributed by atoms with van der Waals surface area (Å²) in [5.74, 6) is 0. The van der Waals surface area contributed by atoms with Crippen LogP contribution in [0.5, 0.6) is 0 Å². The second kappa shape index (κ2) is 5.99. The molecule has 4 nitrogen and oxygen atoms in total. The van der Waals surface area contributed by atoms with Gasteiger partial charge in [-0.1, -0.05) is 6.07 Å². The molecule has 2 fully saturated rings. The molecule has 1 aromatic heterocycles. The Morgan fingerprint density at radius 3 is 3.42 bits per heavy atom. The van der Waals surface area contributed by atoms with Gasteiger partial charge in [-0.25, -0.2) is 0 Å². The molecule has 3 heterocycles. The molecule has 2 atom stereocenters. The van der Waals surface area contributed by atoms with E-state index >= 15 is 0 Å². The van der Waals surface area contributed by atoms with Crippen molar-refractivity contribution in [2.75, 3.05) is 26.3 Å². The van der Waals surface area contributed by atoms with Crippen LogP contribution >= 0.6 is 0 Å². The summed E-state index contributed by atoms with van der Waals surface area (Å²) < 4.78 is 11.9. The minimum atomic E-state index is 0.179. The van der Waals surface area contributed by atoms with Crippen molar-refractivity contribution in [2.45, 2.75) is 32.0 Å². The smallest absolute Gasteiger partial charge is 0.0732 e. The summed E-state index contributed by atoms with van der Waals surface area (Å²) in [5.41, 5.74) is 1.31. The van der Waals surface area contributed by atoms with Gasteiger partial charge in [-0.05, 0) is 37.4 Å². The summed E-state index contributed by atoms with van der Waals surface area (Å²) in [7, 11) is 0. The van der Waals surface area contributed by atoms with E-state index in [0.29, 0.717) is 12.7 Å². The molecule has 0 amide bonds. The Labute approximate surface area is 114 Å². The lowest BCUT2D eigenvalue weighted by molar-refractivity contribution is -0.132. The number of aromatic nitrogens is 1. The van der Waals surface area contributed by atoms with Crippen LogP contribution in [0.15, 0.2) is 24.5 Å². The van der Waals surface area contributed by atoms with Gasteiger partial charge in [0.2, 0.25) is 0 Å². The highest BCUT2D eigenvalue weighted by atomic mass is 16.5. The molecule has 0 unspecified atom stereocenters. The van der Waals surface area contributed by atoms with Crippen molar-refractivity contribution in [3.63, 3.8) is 0 Å². The molecule has 104 valence electrons. The number of hydrogen-bond donors (Lipinski definition) is 1. The number of fused-ring (bicyclic) bond motifs is 1. The van der Waals surface area contributed by atoms with E-state index in [4.69, 9.17) is 9.47 Å². The highest BCUT2D eigenvalue weighted by Crippen LogP contribution is 2.38. The number of nitrogens with zero attached hydrogens (tertiary/aromatic N) is 1. The predicted molar refractivity (Wildman–Crippen MR) is 72.8 cm³/mol. The molecule has 2 aliphatic rings. The fraction of sp³-hybridized carbons (Fsp3) is 0.667. The first-order valence-corrected chi connectivity index (χ1v) is 7.18. The SMILES string of the molecule is c1cncc(COC[C@@]23CCCO[C@@H]2CCNC3)c1. The topological polar surface area (TPSA) is 43.4 Å². The van der Waals surface area contributed by atoms with E-state index in [2.05, 4.69) is 16.4 Å². The fourth-order valence-electron chi connectivity index (χ4n) is 3.22. The molecule has 1 aromatic rings. The summed E-state index contributed by atoms with van der Waals surface area (Å²) in [6.07, 6.45) is 7.49. The Hall–Kier alpha value is -0.970. The zero-order valence-electron chi connectivity index (χ0n) is 11.3. The van der Waals surface area contributed by atoms with E-state index in [1.165, 1.54) is 6.42 Å². The van der Waals surface area contributed by atoms with Crippen molar-refractivity contribution < 1.29 is 9.47 Å². The third-order valence-electron chi connectivity index (χ3n) is 4.26. The van der Waals surface area contributed by atoms with Crippen LogP contribution in [-0.4, -0.2) is 37.4 Å². The lowest BCUT2D eigenvalue weighted by Crippen LogP contribution is -2.55. The van der Waals surface area contributed by atoms with Gasteiger partial charge >= 0.3 is 0 Å². The number of pyridine rings is 1. The molecule has 2 aliphatic heterocycles. The Morgan fingerprint density at radius 1 is 1.53 bits per heavy atom. The van der Waals surface area contributed by atoms with Crippen LogP contribution in [0.2, 0.25) is 0 Å². The molecule has 3 rings (SSSR count).